The summed E-state index contributed by atoms with van der Waals surface area (Å²) in [6.07, 6.45) is 1.13. The summed E-state index contributed by atoms with van der Waals surface area (Å²) < 4.78 is 5.87. The molecule has 0 spiro atoms. The van der Waals surface area contributed by atoms with Crippen LogP contribution in [-0.2, 0) is 13.0 Å². The molecule has 0 saturated heterocycles. The Labute approximate surface area is 115 Å². The van der Waals surface area contributed by atoms with E-state index in [-0.39, 0.29) is 11.0 Å². The van der Waals surface area contributed by atoms with Crippen LogP contribution in [0.25, 0.3) is 0 Å². The lowest BCUT2D eigenvalue weighted by Gasteiger charge is -2.11. The second-order valence-corrected chi connectivity index (χ2v) is 5.70. The van der Waals surface area contributed by atoms with Gasteiger partial charge in [-0.15, -0.1) is 0 Å². The van der Waals surface area contributed by atoms with Gasteiger partial charge in [-0.3, -0.25) is 4.79 Å². The number of fused-ring (bicyclic) bond motifs is 1. The van der Waals surface area contributed by atoms with Gasteiger partial charge in [-0.1, -0.05) is 29.0 Å². The molecule has 1 atom stereocenters. The molecule has 4 nitrogen and oxygen atoms in total. The minimum Gasteiger partial charge on any atom is -0.488 e. The van der Waals surface area contributed by atoms with Crippen LogP contribution in [0.3, 0.4) is 0 Å². The molecule has 1 aliphatic rings. The Morgan fingerprint density at radius 3 is 3.21 bits per heavy atom. The molecule has 2 N–H and O–H groups in total. The van der Waals surface area contributed by atoms with Crippen molar-refractivity contribution >= 4 is 11.3 Å². The van der Waals surface area contributed by atoms with E-state index in [4.69, 9.17) is 4.74 Å². The molecule has 2 heterocycles. The second kappa shape index (κ2) is 5.19. The Hall–Kier alpha value is -1.59. The molecule has 1 aliphatic heterocycles. The van der Waals surface area contributed by atoms with Gasteiger partial charge in [0, 0.05) is 30.6 Å². The molecule has 1 aromatic carbocycles. The normalized spacial score (nSPS) is 17.2. The van der Waals surface area contributed by atoms with Gasteiger partial charge in [-0.25, -0.2) is 0 Å². The van der Waals surface area contributed by atoms with Crippen molar-refractivity contribution in [2.75, 3.05) is 6.54 Å². The van der Waals surface area contributed by atoms with Crippen LogP contribution in [0.1, 0.15) is 16.8 Å². The number of nitrogens with one attached hydrogen (secondary N) is 2. The third kappa shape index (κ3) is 2.88. The maximum Gasteiger partial charge on any atom is 0.304 e. The van der Waals surface area contributed by atoms with E-state index in [1.807, 2.05) is 11.4 Å². The highest BCUT2D eigenvalue weighted by molar-refractivity contribution is 7.07. The number of aromatic amines is 1. The van der Waals surface area contributed by atoms with Gasteiger partial charge in [0.05, 0.1) is 0 Å². The van der Waals surface area contributed by atoms with Gasteiger partial charge in [0.1, 0.15) is 11.9 Å². The Morgan fingerprint density at radius 2 is 2.42 bits per heavy atom. The zero-order chi connectivity index (χ0) is 13.2. The van der Waals surface area contributed by atoms with Crippen molar-refractivity contribution in [2.45, 2.75) is 26.0 Å². The highest BCUT2D eigenvalue weighted by Gasteiger charge is 2.22. The zero-order valence-corrected chi connectivity index (χ0v) is 11.5. The van der Waals surface area contributed by atoms with E-state index in [1.54, 1.807) is 0 Å². The molecule has 0 radical (unpaired) electrons. The third-order valence-electron chi connectivity index (χ3n) is 3.22. The van der Waals surface area contributed by atoms with Gasteiger partial charge < -0.3 is 15.0 Å². The quantitative estimate of drug-likeness (QED) is 0.896. The van der Waals surface area contributed by atoms with Crippen LogP contribution in [0.2, 0.25) is 0 Å². The number of rotatable bonds is 4. The molecule has 0 fully saturated rings. The number of H-pyrrole nitrogens is 1. The Bertz CT molecular complexity index is 632. The van der Waals surface area contributed by atoms with Gasteiger partial charge in [-0.05, 0) is 18.6 Å². The Kier molecular flexibility index (Phi) is 3.40. The summed E-state index contributed by atoms with van der Waals surface area (Å²) >= 11 is 1.20. The average molecular weight is 276 g/mol. The maximum absolute atomic E-state index is 11.0. The fourth-order valence-electron chi connectivity index (χ4n) is 2.33. The molecule has 0 bridgehead atoms. The first-order valence-corrected chi connectivity index (χ1v) is 7.22. The fraction of sp³-hybridized carbons (Fsp3) is 0.357. The van der Waals surface area contributed by atoms with Gasteiger partial charge in [0.2, 0.25) is 0 Å². The molecule has 1 unspecified atom stereocenters. The summed E-state index contributed by atoms with van der Waals surface area (Å²) in [6.45, 7) is 3.55. The summed E-state index contributed by atoms with van der Waals surface area (Å²) in [4.78, 5) is 13.8. The van der Waals surface area contributed by atoms with E-state index in [0.717, 1.165) is 24.4 Å². The molecule has 19 heavy (non-hydrogen) atoms. The maximum atomic E-state index is 11.0. The molecular formula is C14H16N2O2S. The van der Waals surface area contributed by atoms with E-state index >= 15 is 0 Å². The lowest BCUT2D eigenvalue weighted by Crippen LogP contribution is -2.29. The van der Waals surface area contributed by atoms with E-state index in [9.17, 15) is 4.79 Å². The van der Waals surface area contributed by atoms with Crippen molar-refractivity contribution < 1.29 is 4.74 Å². The lowest BCUT2D eigenvalue weighted by atomic mass is 10.1. The number of aryl methyl sites for hydroxylation is 1. The summed E-state index contributed by atoms with van der Waals surface area (Å²) in [6, 6.07) is 6.30. The van der Waals surface area contributed by atoms with Crippen LogP contribution >= 0.6 is 11.3 Å². The first kappa shape index (κ1) is 12.4. The predicted octanol–water partition coefficient (Wildman–Crippen LogP) is 1.84. The molecule has 1 aromatic heterocycles. The molecule has 3 rings (SSSR count). The number of benzene rings is 1. The standard InChI is InChI=1S/C14H16N2O2S/c1-9-2-3-13-10(4-9)5-12(18-13)7-15-6-11-8-19-14(17)16-11/h2-4,8,12,15H,5-7H2,1H3,(H,16,17). The largest absolute Gasteiger partial charge is 0.488 e. The van der Waals surface area contributed by atoms with Crippen molar-refractivity contribution in [1.82, 2.24) is 10.3 Å². The zero-order valence-electron chi connectivity index (χ0n) is 10.7. The molecule has 0 saturated carbocycles. The van der Waals surface area contributed by atoms with E-state index in [1.165, 1.54) is 22.5 Å². The number of ether oxygens (including phenoxy) is 1. The highest BCUT2D eigenvalue weighted by Crippen LogP contribution is 2.29. The number of thiazole rings is 1. The predicted molar refractivity (Wildman–Crippen MR) is 75.9 cm³/mol. The SMILES string of the molecule is Cc1ccc2c(c1)CC(CNCc1csc(=O)[nH]1)O2. The summed E-state index contributed by atoms with van der Waals surface area (Å²) in [5.41, 5.74) is 3.49. The molecule has 0 amide bonds. The van der Waals surface area contributed by atoms with Crippen molar-refractivity contribution in [2.24, 2.45) is 0 Å². The van der Waals surface area contributed by atoms with Crippen molar-refractivity contribution in [1.29, 1.82) is 0 Å². The van der Waals surface area contributed by atoms with Crippen LogP contribution in [0, 0.1) is 6.92 Å². The summed E-state index contributed by atoms with van der Waals surface area (Å²) in [5, 5.41) is 5.17. The minimum absolute atomic E-state index is 0.00297. The van der Waals surface area contributed by atoms with Crippen molar-refractivity contribution in [3.8, 4) is 5.75 Å². The number of hydrogen-bond acceptors (Lipinski definition) is 4. The summed E-state index contributed by atoms with van der Waals surface area (Å²) in [7, 11) is 0. The molecular weight excluding hydrogens is 260 g/mol. The van der Waals surface area contributed by atoms with Gasteiger partial charge in [-0.2, -0.15) is 0 Å². The van der Waals surface area contributed by atoms with Gasteiger partial charge in [0.15, 0.2) is 0 Å². The van der Waals surface area contributed by atoms with Gasteiger partial charge >= 0.3 is 4.87 Å². The van der Waals surface area contributed by atoms with Gasteiger partial charge in [0.25, 0.3) is 0 Å². The monoisotopic (exact) mass is 276 g/mol. The first-order chi connectivity index (χ1) is 9.20. The van der Waals surface area contributed by atoms with Crippen molar-refractivity contribution in [3.05, 3.63) is 50.1 Å². The van der Waals surface area contributed by atoms with Crippen molar-refractivity contribution in [3.63, 3.8) is 0 Å². The fourth-order valence-corrected chi connectivity index (χ4v) is 2.91. The van der Waals surface area contributed by atoms with Crippen LogP contribution in [0.5, 0.6) is 5.75 Å². The van der Waals surface area contributed by atoms with Crippen LogP contribution in [-0.4, -0.2) is 17.6 Å². The average Bonchev–Trinajstić information content (AvgIpc) is 2.95. The number of hydrogen-bond donors (Lipinski definition) is 2. The van der Waals surface area contributed by atoms with E-state index in [2.05, 4.69) is 29.4 Å². The second-order valence-electron chi connectivity index (χ2n) is 4.86. The Balaban J connectivity index is 1.52. The lowest BCUT2D eigenvalue weighted by molar-refractivity contribution is 0.227. The third-order valence-corrected chi connectivity index (χ3v) is 3.93. The molecule has 0 aliphatic carbocycles. The van der Waals surface area contributed by atoms with Crippen LogP contribution in [0.15, 0.2) is 28.4 Å². The Morgan fingerprint density at radius 1 is 1.53 bits per heavy atom. The first-order valence-electron chi connectivity index (χ1n) is 6.34. The highest BCUT2D eigenvalue weighted by atomic mass is 32.1. The molecule has 100 valence electrons. The smallest absolute Gasteiger partial charge is 0.304 e. The summed E-state index contributed by atoms with van der Waals surface area (Å²) in [5.74, 6) is 1.00. The van der Waals surface area contributed by atoms with Crippen LogP contribution in [0.4, 0.5) is 0 Å². The van der Waals surface area contributed by atoms with Crippen LogP contribution < -0.4 is 14.9 Å². The topological polar surface area (TPSA) is 54.1 Å². The molecule has 2 aromatic rings. The minimum atomic E-state index is -0.00297. The molecule has 5 heteroatoms. The van der Waals surface area contributed by atoms with E-state index < -0.39 is 0 Å². The number of aromatic nitrogens is 1. The van der Waals surface area contributed by atoms with E-state index in [0.29, 0.717) is 6.54 Å².